The van der Waals surface area contributed by atoms with E-state index in [4.69, 9.17) is 20.8 Å². The molecule has 0 aliphatic carbocycles. The van der Waals surface area contributed by atoms with Gasteiger partial charge in [0.05, 0.1) is 24.0 Å². The maximum absolute atomic E-state index is 12.3. The van der Waals surface area contributed by atoms with E-state index >= 15 is 0 Å². The van der Waals surface area contributed by atoms with Gasteiger partial charge in [-0.3, -0.25) is 20.4 Å². The van der Waals surface area contributed by atoms with Gasteiger partial charge in [0.2, 0.25) is 0 Å². The Morgan fingerprint density at radius 2 is 1.96 bits per heavy atom. The second-order valence-corrected chi connectivity index (χ2v) is 6.34. The van der Waals surface area contributed by atoms with Crippen LogP contribution >= 0.6 is 22.9 Å². The number of furan rings is 1. The number of aryl methyl sites for hydroxylation is 1. The maximum Gasteiger partial charge on any atom is 0.281 e. The standard InChI is InChI=1S/C16H13ClN2O4S/c1-8-10(5-6-23-8)15(20)18-19-16(21)14-13(17)11-4-3-9(22-2)7-12(11)24-14/h3-7H,1-2H3,(H,18,20)(H,19,21). The van der Waals surface area contributed by atoms with Crippen LogP contribution in [0.5, 0.6) is 5.75 Å². The molecular formula is C16H13ClN2O4S. The Balaban J connectivity index is 1.78. The van der Waals surface area contributed by atoms with Crippen LogP contribution in [-0.2, 0) is 0 Å². The van der Waals surface area contributed by atoms with Gasteiger partial charge >= 0.3 is 0 Å². The molecule has 2 heterocycles. The highest BCUT2D eigenvalue weighted by atomic mass is 35.5. The van der Waals surface area contributed by atoms with Gasteiger partial charge in [-0.15, -0.1) is 11.3 Å². The van der Waals surface area contributed by atoms with Gasteiger partial charge < -0.3 is 9.15 Å². The summed E-state index contributed by atoms with van der Waals surface area (Å²) >= 11 is 7.49. The highest BCUT2D eigenvalue weighted by Crippen LogP contribution is 2.37. The minimum atomic E-state index is -0.491. The largest absolute Gasteiger partial charge is 0.497 e. The molecule has 3 rings (SSSR count). The van der Waals surface area contributed by atoms with Gasteiger partial charge in [-0.25, -0.2) is 0 Å². The van der Waals surface area contributed by atoms with Gasteiger partial charge in [-0.05, 0) is 31.2 Å². The fourth-order valence-electron chi connectivity index (χ4n) is 2.18. The summed E-state index contributed by atoms with van der Waals surface area (Å²) in [6.45, 7) is 1.66. The topological polar surface area (TPSA) is 80.6 Å². The zero-order chi connectivity index (χ0) is 17.3. The van der Waals surface area contributed by atoms with Gasteiger partial charge in [0, 0.05) is 10.1 Å². The quantitative estimate of drug-likeness (QED) is 0.696. The summed E-state index contributed by atoms with van der Waals surface area (Å²) in [5.74, 6) is 0.188. The molecule has 2 aromatic heterocycles. The Hall–Kier alpha value is -2.51. The summed E-state index contributed by atoms with van der Waals surface area (Å²) < 4.78 is 11.0. The molecule has 0 fully saturated rings. The van der Waals surface area contributed by atoms with E-state index in [0.717, 1.165) is 10.1 Å². The van der Waals surface area contributed by atoms with Crippen molar-refractivity contribution in [1.29, 1.82) is 0 Å². The van der Waals surface area contributed by atoms with Crippen molar-refractivity contribution in [1.82, 2.24) is 10.9 Å². The number of nitrogens with one attached hydrogen (secondary N) is 2. The highest BCUT2D eigenvalue weighted by molar-refractivity contribution is 7.21. The SMILES string of the molecule is COc1ccc2c(Cl)c(C(=O)NNC(=O)c3ccoc3C)sc2c1. The molecule has 0 radical (unpaired) electrons. The Morgan fingerprint density at radius 1 is 1.21 bits per heavy atom. The summed E-state index contributed by atoms with van der Waals surface area (Å²) in [4.78, 5) is 24.6. The molecule has 3 aromatic rings. The lowest BCUT2D eigenvalue weighted by atomic mass is 10.2. The molecule has 124 valence electrons. The first kappa shape index (κ1) is 16.4. The number of carbonyl (C=O) groups is 2. The molecule has 0 aliphatic heterocycles. The molecule has 8 heteroatoms. The molecular weight excluding hydrogens is 352 g/mol. The predicted molar refractivity (Wildman–Crippen MR) is 91.8 cm³/mol. The monoisotopic (exact) mass is 364 g/mol. The minimum absolute atomic E-state index is 0.309. The van der Waals surface area contributed by atoms with Crippen LogP contribution in [0, 0.1) is 6.92 Å². The summed E-state index contributed by atoms with van der Waals surface area (Å²) in [7, 11) is 1.57. The third kappa shape index (κ3) is 2.95. The van der Waals surface area contributed by atoms with Crippen molar-refractivity contribution in [2.45, 2.75) is 6.92 Å². The van der Waals surface area contributed by atoms with Crippen LogP contribution in [0.4, 0.5) is 0 Å². The van der Waals surface area contributed by atoms with E-state index in [2.05, 4.69) is 10.9 Å². The maximum atomic E-state index is 12.3. The van der Waals surface area contributed by atoms with Crippen molar-refractivity contribution in [3.8, 4) is 5.75 Å². The summed E-state index contributed by atoms with van der Waals surface area (Å²) in [6, 6.07) is 6.88. The lowest BCUT2D eigenvalue weighted by Crippen LogP contribution is -2.41. The first-order chi connectivity index (χ1) is 11.5. The summed E-state index contributed by atoms with van der Waals surface area (Å²) in [6.07, 6.45) is 1.41. The molecule has 2 N–H and O–H groups in total. The number of hydrogen-bond acceptors (Lipinski definition) is 5. The van der Waals surface area contributed by atoms with E-state index in [9.17, 15) is 9.59 Å². The van der Waals surface area contributed by atoms with Crippen molar-refractivity contribution in [3.63, 3.8) is 0 Å². The molecule has 0 unspecified atom stereocenters. The number of carbonyl (C=O) groups excluding carboxylic acids is 2. The number of methoxy groups -OCH3 is 1. The van der Waals surface area contributed by atoms with Crippen molar-refractivity contribution >= 4 is 44.8 Å². The average Bonchev–Trinajstić information content (AvgIpc) is 3.15. The van der Waals surface area contributed by atoms with Gasteiger partial charge in [-0.1, -0.05) is 11.6 Å². The lowest BCUT2D eigenvalue weighted by Gasteiger charge is -2.05. The van der Waals surface area contributed by atoms with E-state index in [-0.39, 0.29) is 0 Å². The fraction of sp³-hybridized carbons (Fsp3) is 0.125. The van der Waals surface area contributed by atoms with Gasteiger partial charge in [0.1, 0.15) is 16.4 Å². The predicted octanol–water partition coefficient (Wildman–Crippen LogP) is 3.54. The first-order valence-electron chi connectivity index (χ1n) is 6.92. The molecule has 0 aliphatic rings. The normalized spacial score (nSPS) is 10.6. The first-order valence-corrected chi connectivity index (χ1v) is 8.11. The van der Waals surface area contributed by atoms with E-state index in [1.54, 1.807) is 32.2 Å². The van der Waals surface area contributed by atoms with Crippen LogP contribution in [0.25, 0.3) is 10.1 Å². The lowest BCUT2D eigenvalue weighted by molar-refractivity contribution is 0.0848. The van der Waals surface area contributed by atoms with Crippen LogP contribution in [0.3, 0.4) is 0 Å². The van der Waals surface area contributed by atoms with E-state index in [0.29, 0.717) is 27.0 Å². The second-order valence-electron chi connectivity index (χ2n) is 4.91. The number of ether oxygens (including phenoxy) is 1. The van der Waals surface area contributed by atoms with Crippen molar-refractivity contribution < 1.29 is 18.7 Å². The average molecular weight is 365 g/mol. The Labute approximate surface area is 146 Å². The number of benzene rings is 1. The molecule has 0 saturated heterocycles. The van der Waals surface area contributed by atoms with Crippen LogP contribution in [0.15, 0.2) is 34.9 Å². The van der Waals surface area contributed by atoms with Crippen LogP contribution in [-0.4, -0.2) is 18.9 Å². The van der Waals surface area contributed by atoms with E-state index in [1.807, 2.05) is 0 Å². The number of amides is 2. The van der Waals surface area contributed by atoms with Gasteiger partial charge in [-0.2, -0.15) is 0 Å². The molecule has 1 aromatic carbocycles. The Morgan fingerprint density at radius 3 is 2.62 bits per heavy atom. The molecule has 0 saturated carbocycles. The number of halogens is 1. The highest BCUT2D eigenvalue weighted by Gasteiger charge is 2.19. The molecule has 2 amide bonds. The zero-order valence-corrected chi connectivity index (χ0v) is 14.4. The molecule has 24 heavy (non-hydrogen) atoms. The number of hydrazine groups is 1. The van der Waals surface area contributed by atoms with Gasteiger partial charge in [0.25, 0.3) is 11.8 Å². The minimum Gasteiger partial charge on any atom is -0.497 e. The number of rotatable bonds is 3. The van der Waals surface area contributed by atoms with Crippen LogP contribution in [0.1, 0.15) is 25.8 Å². The molecule has 6 nitrogen and oxygen atoms in total. The summed E-state index contributed by atoms with van der Waals surface area (Å²) in [5, 5.41) is 1.09. The van der Waals surface area contributed by atoms with Crippen molar-refractivity contribution in [2.75, 3.05) is 7.11 Å². The molecule has 0 atom stereocenters. The Kier molecular flexibility index (Phi) is 4.46. The fourth-order valence-corrected chi connectivity index (χ4v) is 3.62. The zero-order valence-electron chi connectivity index (χ0n) is 12.8. The van der Waals surface area contributed by atoms with Crippen molar-refractivity contribution in [2.24, 2.45) is 0 Å². The second kappa shape index (κ2) is 6.54. The van der Waals surface area contributed by atoms with E-state index < -0.39 is 11.8 Å². The van der Waals surface area contributed by atoms with E-state index in [1.165, 1.54) is 23.7 Å². The third-order valence-electron chi connectivity index (χ3n) is 3.44. The van der Waals surface area contributed by atoms with Crippen molar-refractivity contribution in [3.05, 3.63) is 51.8 Å². The Bertz CT molecular complexity index is 931. The smallest absolute Gasteiger partial charge is 0.281 e. The van der Waals surface area contributed by atoms with Crippen LogP contribution < -0.4 is 15.6 Å². The van der Waals surface area contributed by atoms with Crippen LogP contribution in [0.2, 0.25) is 5.02 Å². The number of fused-ring (bicyclic) bond motifs is 1. The van der Waals surface area contributed by atoms with Gasteiger partial charge in [0.15, 0.2) is 0 Å². The number of hydrogen-bond donors (Lipinski definition) is 2. The summed E-state index contributed by atoms with van der Waals surface area (Å²) in [5.41, 5.74) is 5.05. The molecule has 0 spiro atoms. The number of thiophene rings is 1. The third-order valence-corrected chi connectivity index (χ3v) is 5.09. The molecule has 0 bridgehead atoms.